The summed E-state index contributed by atoms with van der Waals surface area (Å²) in [5.74, 6) is -0.0196. The summed E-state index contributed by atoms with van der Waals surface area (Å²) >= 11 is 0. The Bertz CT molecular complexity index is 1030. The first-order chi connectivity index (χ1) is 14.4. The number of carbonyl (C=O) groups is 1. The van der Waals surface area contributed by atoms with Crippen LogP contribution in [0.1, 0.15) is 19.8 Å². The highest BCUT2D eigenvalue weighted by Crippen LogP contribution is 2.36. The second-order valence-corrected chi connectivity index (χ2v) is 9.24. The van der Waals surface area contributed by atoms with Gasteiger partial charge in [0, 0.05) is 31.7 Å². The molecular weight excluding hydrogens is 409 g/mol. The maximum absolute atomic E-state index is 13.2. The molecule has 30 heavy (non-hydrogen) atoms. The summed E-state index contributed by atoms with van der Waals surface area (Å²) in [5, 5.41) is 2.77. The summed E-state index contributed by atoms with van der Waals surface area (Å²) in [6.07, 6.45) is 0.608. The van der Waals surface area contributed by atoms with Gasteiger partial charge in [0.05, 0.1) is 6.04 Å². The summed E-state index contributed by atoms with van der Waals surface area (Å²) < 4.78 is 47.2. The number of anilines is 1. The molecule has 2 aromatic carbocycles. The molecule has 1 saturated heterocycles. The van der Waals surface area contributed by atoms with Gasteiger partial charge < -0.3 is 15.0 Å². The lowest BCUT2D eigenvalue weighted by Gasteiger charge is -2.30. The van der Waals surface area contributed by atoms with Crippen molar-refractivity contribution in [3.05, 3.63) is 54.3 Å². The number of para-hydroxylation sites is 1. The van der Waals surface area contributed by atoms with Gasteiger partial charge in [-0.05, 0) is 42.8 Å². The zero-order valence-corrected chi connectivity index (χ0v) is 17.4. The number of amides is 2. The average Bonchev–Trinajstić information content (AvgIpc) is 2.97. The highest BCUT2D eigenvalue weighted by atomic mass is 32.2. The maximum Gasteiger partial charge on any atom is 0.321 e. The number of nitrogens with zero attached hydrogens (tertiary/aromatic N) is 2. The molecule has 2 aliphatic heterocycles. The van der Waals surface area contributed by atoms with Crippen LogP contribution in [0.2, 0.25) is 0 Å². The van der Waals surface area contributed by atoms with E-state index in [9.17, 15) is 17.6 Å². The number of sulfonamides is 1. The van der Waals surface area contributed by atoms with Gasteiger partial charge >= 0.3 is 6.03 Å². The summed E-state index contributed by atoms with van der Waals surface area (Å²) in [6, 6.07) is 11.6. The minimum atomic E-state index is -3.69. The summed E-state index contributed by atoms with van der Waals surface area (Å²) in [4.78, 5) is 14.5. The molecule has 4 rings (SSSR count). The lowest BCUT2D eigenvalue weighted by atomic mass is 10.1. The van der Waals surface area contributed by atoms with E-state index in [1.54, 1.807) is 29.2 Å². The van der Waals surface area contributed by atoms with Crippen molar-refractivity contribution in [2.45, 2.75) is 36.8 Å². The third-order valence-electron chi connectivity index (χ3n) is 5.59. The molecule has 0 aliphatic carbocycles. The first-order valence-electron chi connectivity index (χ1n) is 9.99. The number of hydrogen-bond acceptors (Lipinski definition) is 4. The minimum absolute atomic E-state index is 0.186. The zero-order valence-electron chi connectivity index (χ0n) is 16.6. The molecule has 2 aromatic rings. The van der Waals surface area contributed by atoms with Gasteiger partial charge in [-0.2, -0.15) is 4.31 Å². The Morgan fingerprint density at radius 3 is 2.57 bits per heavy atom. The molecule has 2 heterocycles. The van der Waals surface area contributed by atoms with Gasteiger partial charge in [0.1, 0.15) is 22.6 Å². The van der Waals surface area contributed by atoms with Crippen molar-refractivity contribution in [2.24, 2.45) is 0 Å². The van der Waals surface area contributed by atoms with Crippen molar-refractivity contribution >= 4 is 21.7 Å². The van der Waals surface area contributed by atoms with Crippen molar-refractivity contribution in [1.29, 1.82) is 0 Å². The highest BCUT2D eigenvalue weighted by Gasteiger charge is 2.42. The van der Waals surface area contributed by atoms with Gasteiger partial charge in [-0.1, -0.05) is 19.1 Å². The van der Waals surface area contributed by atoms with Crippen molar-refractivity contribution in [2.75, 3.05) is 25.0 Å². The Kier molecular flexibility index (Phi) is 5.66. The number of ether oxygens (including phenoxy) is 1. The van der Waals surface area contributed by atoms with Crippen LogP contribution in [0.25, 0.3) is 0 Å². The predicted molar refractivity (Wildman–Crippen MR) is 110 cm³/mol. The number of hydrogen-bond donors (Lipinski definition) is 1. The highest BCUT2D eigenvalue weighted by molar-refractivity contribution is 7.89. The van der Waals surface area contributed by atoms with Crippen LogP contribution < -0.4 is 10.1 Å². The fourth-order valence-corrected chi connectivity index (χ4v) is 5.91. The molecule has 2 amide bonds. The molecule has 7 nitrogen and oxygen atoms in total. The quantitative estimate of drug-likeness (QED) is 0.788. The van der Waals surface area contributed by atoms with E-state index in [0.29, 0.717) is 43.9 Å². The summed E-state index contributed by atoms with van der Waals surface area (Å²) in [7, 11) is -3.69. The molecule has 160 valence electrons. The van der Waals surface area contributed by atoms with E-state index in [-0.39, 0.29) is 28.9 Å². The summed E-state index contributed by atoms with van der Waals surface area (Å²) in [6.45, 7) is 2.95. The van der Waals surface area contributed by atoms with E-state index in [1.165, 1.54) is 28.6 Å². The molecule has 0 spiro atoms. The first-order valence-corrected chi connectivity index (χ1v) is 11.4. The molecule has 0 saturated carbocycles. The predicted octanol–water partition coefficient (Wildman–Crippen LogP) is 3.29. The first kappa shape index (κ1) is 20.6. The molecule has 2 aliphatic rings. The van der Waals surface area contributed by atoms with Crippen LogP contribution in [0, 0.1) is 5.82 Å². The fourth-order valence-electron chi connectivity index (χ4n) is 4.10. The van der Waals surface area contributed by atoms with Crippen molar-refractivity contribution in [1.82, 2.24) is 9.21 Å². The smallest absolute Gasteiger partial charge is 0.321 e. The lowest BCUT2D eigenvalue weighted by Crippen LogP contribution is -2.47. The molecule has 1 N–H and O–H groups in total. The normalized spacial score (nSPS) is 23.3. The standard InChI is InChI=1S/C21H24FN3O4S/c1-2-25-17-11-13-24(21(26)23-16-9-7-15(22)8-10-16)14-12-18(17)29-19-5-3-4-6-20(19)30(25,27)28/h3-10,17-18H,2,11-14H2,1H3,(H,23,26)/t17-,18-/m0/s1. The number of nitrogens with one attached hydrogen (secondary N) is 1. The van der Waals surface area contributed by atoms with Crippen LogP contribution in [-0.4, -0.2) is 55.4 Å². The number of halogens is 1. The van der Waals surface area contributed by atoms with E-state index in [4.69, 9.17) is 4.74 Å². The fraction of sp³-hybridized carbons (Fsp3) is 0.381. The van der Waals surface area contributed by atoms with Crippen molar-refractivity contribution in [3.63, 3.8) is 0 Å². The van der Waals surface area contributed by atoms with Crippen LogP contribution >= 0.6 is 0 Å². The van der Waals surface area contributed by atoms with Crippen LogP contribution in [0.3, 0.4) is 0 Å². The number of urea groups is 1. The Morgan fingerprint density at radius 2 is 1.83 bits per heavy atom. The average molecular weight is 434 g/mol. The molecule has 2 atom stereocenters. The van der Waals surface area contributed by atoms with Crippen LogP contribution in [0.4, 0.5) is 14.9 Å². The number of likely N-dealkylation sites (tertiary alicyclic amines) is 1. The topological polar surface area (TPSA) is 79.0 Å². The molecule has 0 aromatic heterocycles. The molecule has 0 radical (unpaired) electrons. The number of carbonyl (C=O) groups excluding carboxylic acids is 1. The van der Waals surface area contributed by atoms with Gasteiger partial charge in [-0.15, -0.1) is 0 Å². The van der Waals surface area contributed by atoms with Crippen LogP contribution in [0.5, 0.6) is 5.75 Å². The maximum atomic E-state index is 13.2. The van der Waals surface area contributed by atoms with Crippen molar-refractivity contribution in [3.8, 4) is 5.75 Å². The van der Waals surface area contributed by atoms with Gasteiger partial charge in [0.25, 0.3) is 0 Å². The Labute approximate surface area is 175 Å². The minimum Gasteiger partial charge on any atom is -0.487 e. The van der Waals surface area contributed by atoms with E-state index in [0.717, 1.165) is 0 Å². The largest absolute Gasteiger partial charge is 0.487 e. The second-order valence-electron chi connectivity index (χ2n) is 7.38. The number of likely N-dealkylation sites (N-methyl/N-ethyl adjacent to an activating group) is 1. The molecule has 1 fully saturated rings. The number of fused-ring (bicyclic) bond motifs is 2. The SMILES string of the molecule is CCN1[C@H]2CCN(C(=O)Nc3ccc(F)cc3)CC[C@@H]2Oc2ccccc2S1(=O)=O. The van der Waals surface area contributed by atoms with Gasteiger partial charge in [0.15, 0.2) is 0 Å². The zero-order chi connectivity index (χ0) is 21.3. The Balaban J connectivity index is 1.55. The van der Waals surface area contributed by atoms with E-state index in [1.807, 2.05) is 6.92 Å². The molecule has 9 heteroatoms. The monoisotopic (exact) mass is 433 g/mol. The molecular formula is C21H24FN3O4S. The lowest BCUT2D eigenvalue weighted by molar-refractivity contribution is 0.115. The molecule has 0 unspecified atom stereocenters. The van der Waals surface area contributed by atoms with Gasteiger partial charge in [-0.25, -0.2) is 17.6 Å². The van der Waals surface area contributed by atoms with Crippen LogP contribution in [-0.2, 0) is 10.0 Å². The number of benzene rings is 2. The van der Waals surface area contributed by atoms with E-state index >= 15 is 0 Å². The van der Waals surface area contributed by atoms with Crippen molar-refractivity contribution < 1.29 is 22.3 Å². The molecule has 0 bridgehead atoms. The summed E-state index contributed by atoms with van der Waals surface area (Å²) in [5.41, 5.74) is 0.503. The van der Waals surface area contributed by atoms with E-state index in [2.05, 4.69) is 5.32 Å². The van der Waals surface area contributed by atoms with Crippen LogP contribution in [0.15, 0.2) is 53.4 Å². The number of rotatable bonds is 2. The third-order valence-corrected chi connectivity index (χ3v) is 7.63. The van der Waals surface area contributed by atoms with E-state index < -0.39 is 10.0 Å². The third kappa shape index (κ3) is 3.87. The van der Waals surface area contributed by atoms with Gasteiger partial charge in [-0.3, -0.25) is 0 Å². The Morgan fingerprint density at radius 1 is 1.13 bits per heavy atom. The second kappa shape index (κ2) is 8.23. The Hall–Kier alpha value is -2.65. The van der Waals surface area contributed by atoms with Gasteiger partial charge in [0.2, 0.25) is 10.0 Å².